The van der Waals surface area contributed by atoms with Crippen LogP contribution < -0.4 is 10.2 Å². The van der Waals surface area contributed by atoms with Gasteiger partial charge in [-0.3, -0.25) is 4.90 Å². The highest BCUT2D eigenvalue weighted by Crippen LogP contribution is 2.49. The Balaban J connectivity index is 1.48. The molecule has 1 spiro atoms. The number of anilines is 1. The van der Waals surface area contributed by atoms with Crippen molar-refractivity contribution in [3.8, 4) is 0 Å². The summed E-state index contributed by atoms with van der Waals surface area (Å²) in [4.78, 5) is 20.2. The summed E-state index contributed by atoms with van der Waals surface area (Å²) in [7, 11) is -1.32. The predicted molar refractivity (Wildman–Crippen MR) is 114 cm³/mol. The molecule has 1 N–H and O–H groups in total. The van der Waals surface area contributed by atoms with E-state index in [-0.39, 0.29) is 11.4 Å². The maximum absolute atomic E-state index is 12.9. The Morgan fingerprint density at radius 1 is 1.21 bits per heavy atom. The Morgan fingerprint density at radius 3 is 2.61 bits per heavy atom. The van der Waals surface area contributed by atoms with E-state index in [2.05, 4.69) is 10.3 Å². The second kappa shape index (κ2) is 7.84. The zero-order chi connectivity index (χ0) is 19.7. The number of pyridine rings is 1. The van der Waals surface area contributed by atoms with Gasteiger partial charge in [-0.2, -0.15) is 0 Å². The third-order valence-electron chi connectivity index (χ3n) is 5.85. The molecule has 1 aromatic carbocycles. The minimum Gasteiger partial charge on any atom is -0.334 e. The monoisotopic (exact) mass is 418 g/mol. The van der Waals surface area contributed by atoms with E-state index in [1.165, 1.54) is 0 Å². The lowest BCUT2D eigenvalue weighted by molar-refractivity contribution is 0.245. The molecule has 0 radical (unpaired) electrons. The summed E-state index contributed by atoms with van der Waals surface area (Å²) < 4.78 is 11.9. The van der Waals surface area contributed by atoms with E-state index in [1.54, 1.807) is 6.07 Å². The Kier molecular flexibility index (Phi) is 5.43. The summed E-state index contributed by atoms with van der Waals surface area (Å²) in [6, 6.07) is 11.2. The normalized spacial score (nSPS) is 18.3. The van der Waals surface area contributed by atoms with Gasteiger partial charge in [0.2, 0.25) is 0 Å². The fourth-order valence-corrected chi connectivity index (χ4v) is 5.36. The number of aromatic nitrogens is 1. The van der Waals surface area contributed by atoms with Crippen LogP contribution in [0.15, 0.2) is 41.3 Å². The molecule has 5 nitrogen and oxygen atoms in total. The van der Waals surface area contributed by atoms with E-state index >= 15 is 0 Å². The molecule has 1 aliphatic heterocycles. The van der Waals surface area contributed by atoms with Crippen LogP contribution in [0.1, 0.15) is 43.9 Å². The first-order valence-corrected chi connectivity index (χ1v) is 11.6. The summed E-state index contributed by atoms with van der Waals surface area (Å²) in [6.45, 7) is 3.01. The van der Waals surface area contributed by atoms with Crippen molar-refractivity contribution in [2.24, 2.45) is 0 Å². The van der Waals surface area contributed by atoms with E-state index < -0.39 is 10.8 Å². The van der Waals surface area contributed by atoms with Crippen LogP contribution in [0.2, 0.25) is 5.15 Å². The standard InChI is InChI=1S/C21H24ClN3O2S/c1-2-28(27)16-7-5-15(6-8-16)13-23-20(26)25-14-21(11-3-4-12-21)19-17(25)9-10-18(22)24-19/h5-10H,2-4,11-14H2,1H3,(H,23,26)/p+1. The molecule has 28 heavy (non-hydrogen) atoms. The molecule has 1 atom stereocenters. The van der Waals surface area contributed by atoms with E-state index in [9.17, 15) is 9.00 Å². The van der Waals surface area contributed by atoms with Crippen molar-refractivity contribution in [1.82, 2.24) is 10.3 Å². The highest BCUT2D eigenvalue weighted by molar-refractivity contribution is 7.84. The smallest absolute Gasteiger partial charge is 0.322 e. The molecule has 1 unspecified atom stereocenters. The number of hydrogen-bond donors (Lipinski definition) is 1. The Labute approximate surface area is 172 Å². The van der Waals surface area contributed by atoms with Crippen molar-refractivity contribution in [3.05, 3.63) is 52.8 Å². The van der Waals surface area contributed by atoms with Gasteiger partial charge in [-0.25, -0.2) is 9.78 Å². The fraction of sp³-hybridized carbons (Fsp3) is 0.429. The van der Waals surface area contributed by atoms with Crippen molar-refractivity contribution in [2.45, 2.75) is 49.5 Å². The second-order valence-electron chi connectivity index (χ2n) is 7.60. The third kappa shape index (κ3) is 3.55. The second-order valence-corrected chi connectivity index (χ2v) is 9.89. The number of carbonyl (C=O) groups is 1. The zero-order valence-electron chi connectivity index (χ0n) is 15.9. The number of fused-ring (bicyclic) bond motifs is 2. The maximum atomic E-state index is 12.9. The highest BCUT2D eigenvalue weighted by Gasteiger charge is 2.47. The molecule has 0 saturated heterocycles. The number of nitrogens with zero attached hydrogens (tertiary/aromatic N) is 2. The van der Waals surface area contributed by atoms with Crippen LogP contribution in [0.5, 0.6) is 0 Å². The number of thiol groups is 1. The van der Waals surface area contributed by atoms with Gasteiger partial charge < -0.3 is 5.32 Å². The summed E-state index contributed by atoms with van der Waals surface area (Å²) >= 11 is 6.15. The fourth-order valence-electron chi connectivity index (χ4n) is 4.36. The zero-order valence-corrected chi connectivity index (χ0v) is 17.6. The highest BCUT2D eigenvalue weighted by atomic mass is 35.5. The molecule has 1 aliphatic carbocycles. The van der Waals surface area contributed by atoms with Gasteiger partial charge in [-0.1, -0.05) is 36.6 Å². The van der Waals surface area contributed by atoms with Crippen LogP contribution in [0, 0.1) is 0 Å². The van der Waals surface area contributed by atoms with Gasteiger partial charge in [0.05, 0.1) is 11.4 Å². The first-order chi connectivity index (χ1) is 13.5. The molecule has 0 bridgehead atoms. The molecular formula is C21H25ClN3O2S+. The Hall–Kier alpha value is -1.92. The van der Waals surface area contributed by atoms with E-state index in [0.717, 1.165) is 47.5 Å². The molecule has 1 fully saturated rings. The van der Waals surface area contributed by atoms with E-state index in [1.807, 2.05) is 42.2 Å². The minimum absolute atomic E-state index is 0.0509. The maximum Gasteiger partial charge on any atom is 0.322 e. The summed E-state index contributed by atoms with van der Waals surface area (Å²) in [5.74, 6) is 0.638. The van der Waals surface area contributed by atoms with Gasteiger partial charge in [0.25, 0.3) is 0 Å². The van der Waals surface area contributed by atoms with Gasteiger partial charge in [-0.15, -0.1) is 4.21 Å². The van der Waals surface area contributed by atoms with Crippen LogP contribution in [-0.2, 0) is 27.0 Å². The summed E-state index contributed by atoms with van der Waals surface area (Å²) in [5.41, 5.74) is 2.78. The minimum atomic E-state index is -1.32. The summed E-state index contributed by atoms with van der Waals surface area (Å²) in [6.07, 6.45) is 4.42. The first kappa shape index (κ1) is 19.4. The van der Waals surface area contributed by atoms with Crippen molar-refractivity contribution >= 4 is 34.1 Å². The number of amides is 2. The number of hydrogen-bond acceptors (Lipinski definition) is 3. The predicted octanol–water partition coefficient (Wildman–Crippen LogP) is 4.35. The van der Waals surface area contributed by atoms with E-state index in [4.69, 9.17) is 11.6 Å². The van der Waals surface area contributed by atoms with Crippen molar-refractivity contribution in [3.63, 3.8) is 0 Å². The third-order valence-corrected chi connectivity index (χ3v) is 7.51. The molecule has 1 aromatic heterocycles. The SMILES string of the molecule is CC[SH+](=O)c1ccc(CNC(=O)N2CC3(CCCC3)c3nc(Cl)ccc32)cc1. The topological polar surface area (TPSA) is 62.3 Å². The molecule has 7 heteroatoms. The van der Waals surface area contributed by atoms with Crippen molar-refractivity contribution < 1.29 is 9.00 Å². The lowest BCUT2D eigenvalue weighted by atomic mass is 9.84. The quantitative estimate of drug-likeness (QED) is 0.456. The largest absolute Gasteiger partial charge is 0.334 e. The molecule has 2 aliphatic rings. The molecule has 1 saturated carbocycles. The van der Waals surface area contributed by atoms with Gasteiger partial charge in [0.15, 0.2) is 4.90 Å². The molecule has 4 rings (SSSR count). The summed E-state index contributed by atoms with van der Waals surface area (Å²) in [5, 5.41) is 3.50. The number of rotatable bonds is 4. The van der Waals surface area contributed by atoms with Gasteiger partial charge >= 0.3 is 6.03 Å². The van der Waals surface area contributed by atoms with Crippen molar-refractivity contribution in [1.29, 1.82) is 0 Å². The Bertz CT molecular complexity index is 910. The number of nitrogens with one attached hydrogen (secondary N) is 1. The van der Waals surface area contributed by atoms with Crippen LogP contribution in [0.4, 0.5) is 10.5 Å². The van der Waals surface area contributed by atoms with Crippen LogP contribution in [-0.4, -0.2) is 23.3 Å². The Morgan fingerprint density at radius 2 is 1.93 bits per heavy atom. The van der Waals surface area contributed by atoms with Crippen LogP contribution in [0.3, 0.4) is 0 Å². The molecule has 148 valence electrons. The lowest BCUT2D eigenvalue weighted by Gasteiger charge is -2.24. The first-order valence-electron chi connectivity index (χ1n) is 9.78. The number of carbonyl (C=O) groups excluding carboxylic acids is 1. The number of benzene rings is 1. The lowest BCUT2D eigenvalue weighted by Crippen LogP contribution is -2.41. The van der Waals surface area contributed by atoms with Crippen LogP contribution >= 0.6 is 11.6 Å². The average Bonchev–Trinajstić information content (AvgIpc) is 3.32. The molecule has 2 amide bonds. The average molecular weight is 419 g/mol. The van der Waals surface area contributed by atoms with Crippen LogP contribution in [0.25, 0.3) is 0 Å². The number of urea groups is 1. The van der Waals surface area contributed by atoms with Gasteiger partial charge in [0.1, 0.15) is 21.7 Å². The van der Waals surface area contributed by atoms with Crippen molar-refractivity contribution in [2.75, 3.05) is 17.2 Å². The van der Waals surface area contributed by atoms with Gasteiger partial charge in [0, 0.05) is 18.5 Å². The molecular weight excluding hydrogens is 394 g/mol. The van der Waals surface area contributed by atoms with E-state index in [0.29, 0.717) is 24.0 Å². The number of halogens is 1. The molecule has 2 heterocycles. The molecule has 2 aromatic rings. The van der Waals surface area contributed by atoms with Gasteiger partial charge in [-0.05, 0) is 49.6 Å².